The molecule has 0 spiro atoms. The monoisotopic (exact) mass is 398 g/mol. The molecule has 1 rings (SSSR count). The van der Waals surface area contributed by atoms with Crippen LogP contribution in [0.4, 0.5) is 0 Å². The summed E-state index contributed by atoms with van der Waals surface area (Å²) in [5.41, 5.74) is 0. The summed E-state index contributed by atoms with van der Waals surface area (Å²) >= 11 is 0. The number of halogens is 1. The quantitative estimate of drug-likeness (QED) is 0.389. The first kappa shape index (κ1) is 19.9. The Morgan fingerprint density at radius 1 is 1.45 bits per heavy atom. The highest BCUT2D eigenvalue weighted by Gasteiger charge is 2.22. The molecule has 0 saturated carbocycles. The van der Waals surface area contributed by atoms with Gasteiger partial charge in [-0.3, -0.25) is 9.89 Å². The second kappa shape index (κ2) is 11.6. The molecule has 0 radical (unpaired) electrons. The highest BCUT2D eigenvalue weighted by atomic mass is 127. The normalized spacial score (nSPS) is 21.4. The van der Waals surface area contributed by atoms with Crippen LogP contribution in [-0.4, -0.2) is 62.8 Å². The van der Waals surface area contributed by atoms with Crippen LogP contribution in [0.15, 0.2) is 4.99 Å². The lowest BCUT2D eigenvalue weighted by atomic mass is 10.2. The molecule has 1 saturated heterocycles. The van der Waals surface area contributed by atoms with Gasteiger partial charge < -0.3 is 15.4 Å². The second-order valence-electron chi connectivity index (χ2n) is 5.14. The fourth-order valence-corrected chi connectivity index (χ4v) is 2.56. The Kier molecular flexibility index (Phi) is 11.5. The third kappa shape index (κ3) is 7.08. The Morgan fingerprint density at radius 2 is 2.20 bits per heavy atom. The zero-order valence-corrected chi connectivity index (χ0v) is 15.6. The first-order valence-electron chi connectivity index (χ1n) is 7.49. The van der Waals surface area contributed by atoms with Gasteiger partial charge in [0, 0.05) is 25.7 Å². The number of nitrogens with zero attached hydrogens (tertiary/aromatic N) is 2. The minimum absolute atomic E-state index is 0. The van der Waals surface area contributed by atoms with Gasteiger partial charge in [0.15, 0.2) is 5.96 Å². The van der Waals surface area contributed by atoms with Gasteiger partial charge in [0.2, 0.25) is 0 Å². The summed E-state index contributed by atoms with van der Waals surface area (Å²) in [5.74, 6) is 0.898. The first-order chi connectivity index (χ1) is 9.21. The van der Waals surface area contributed by atoms with Crippen molar-refractivity contribution < 1.29 is 4.74 Å². The van der Waals surface area contributed by atoms with Crippen LogP contribution in [0.25, 0.3) is 0 Å². The summed E-state index contributed by atoms with van der Waals surface area (Å²) in [7, 11) is 1.72. The molecule has 6 heteroatoms. The number of aliphatic imine (C=N–C) groups is 1. The number of hydrogen-bond acceptors (Lipinski definition) is 3. The Balaban J connectivity index is 0.00000361. The first-order valence-corrected chi connectivity index (χ1v) is 7.49. The molecular weight excluding hydrogens is 367 g/mol. The third-order valence-electron chi connectivity index (χ3n) is 3.51. The molecule has 0 aliphatic carbocycles. The molecule has 120 valence electrons. The van der Waals surface area contributed by atoms with Gasteiger partial charge in [0.1, 0.15) is 0 Å². The van der Waals surface area contributed by atoms with Gasteiger partial charge in [-0.25, -0.2) is 0 Å². The summed E-state index contributed by atoms with van der Waals surface area (Å²) in [6, 6.07) is 0.881. The molecule has 0 aromatic carbocycles. The van der Waals surface area contributed by atoms with Crippen molar-refractivity contribution in [1.29, 1.82) is 0 Å². The van der Waals surface area contributed by atoms with Crippen LogP contribution in [-0.2, 0) is 4.74 Å². The molecule has 2 N–H and O–H groups in total. The summed E-state index contributed by atoms with van der Waals surface area (Å²) in [5, 5.41) is 6.66. The predicted octanol–water partition coefficient (Wildman–Crippen LogP) is 1.68. The largest absolute Gasteiger partial charge is 0.383 e. The van der Waals surface area contributed by atoms with Crippen LogP contribution in [0.1, 0.15) is 33.6 Å². The van der Waals surface area contributed by atoms with Gasteiger partial charge in [-0.05, 0) is 39.8 Å². The van der Waals surface area contributed by atoms with Gasteiger partial charge in [0.25, 0.3) is 0 Å². The highest BCUT2D eigenvalue weighted by molar-refractivity contribution is 14.0. The zero-order valence-electron chi connectivity index (χ0n) is 13.3. The zero-order chi connectivity index (χ0) is 14.1. The van der Waals surface area contributed by atoms with E-state index in [-0.39, 0.29) is 30.0 Å². The summed E-state index contributed by atoms with van der Waals surface area (Å²) < 4.78 is 5.14. The number of ether oxygens (including phenoxy) is 1. The lowest BCUT2D eigenvalue weighted by molar-refractivity contribution is 0.179. The van der Waals surface area contributed by atoms with Crippen molar-refractivity contribution in [2.75, 3.05) is 39.9 Å². The van der Waals surface area contributed by atoms with Crippen molar-refractivity contribution in [3.63, 3.8) is 0 Å². The number of methoxy groups -OCH3 is 1. The average Bonchev–Trinajstić information content (AvgIpc) is 2.84. The van der Waals surface area contributed by atoms with Gasteiger partial charge in [0.05, 0.1) is 13.2 Å². The standard InChI is InChI=1S/C14H30N4O.HI/c1-5-15-14(17-12(3)11-19-4)16-10-13-8-7-9-18(13)6-2;/h12-13H,5-11H2,1-4H3,(H2,15,16,17);1H. The number of guanidine groups is 1. The van der Waals surface area contributed by atoms with Crippen molar-refractivity contribution >= 4 is 29.9 Å². The maximum atomic E-state index is 5.14. The van der Waals surface area contributed by atoms with Gasteiger partial charge in [-0.2, -0.15) is 0 Å². The number of likely N-dealkylation sites (tertiary alicyclic amines) is 1. The molecule has 0 bridgehead atoms. The van der Waals surface area contributed by atoms with E-state index in [0.29, 0.717) is 12.6 Å². The van der Waals surface area contributed by atoms with E-state index in [4.69, 9.17) is 9.73 Å². The summed E-state index contributed by atoms with van der Waals surface area (Å²) in [4.78, 5) is 7.23. The molecule has 0 aromatic heterocycles. The van der Waals surface area contributed by atoms with E-state index in [2.05, 4.69) is 36.3 Å². The van der Waals surface area contributed by atoms with E-state index in [9.17, 15) is 0 Å². The Labute approximate surface area is 140 Å². The van der Waals surface area contributed by atoms with Crippen molar-refractivity contribution in [3.05, 3.63) is 0 Å². The van der Waals surface area contributed by atoms with E-state index < -0.39 is 0 Å². The van der Waals surface area contributed by atoms with Crippen LogP contribution in [0.5, 0.6) is 0 Å². The van der Waals surface area contributed by atoms with E-state index in [1.54, 1.807) is 7.11 Å². The number of likely N-dealkylation sites (N-methyl/N-ethyl adjacent to an activating group) is 1. The lowest BCUT2D eigenvalue weighted by Gasteiger charge is -2.22. The van der Waals surface area contributed by atoms with Gasteiger partial charge >= 0.3 is 0 Å². The Morgan fingerprint density at radius 3 is 2.80 bits per heavy atom. The van der Waals surface area contributed by atoms with Crippen LogP contribution in [0.2, 0.25) is 0 Å². The van der Waals surface area contributed by atoms with E-state index in [0.717, 1.165) is 25.6 Å². The van der Waals surface area contributed by atoms with Crippen molar-refractivity contribution in [3.8, 4) is 0 Å². The fraction of sp³-hybridized carbons (Fsp3) is 0.929. The predicted molar refractivity (Wildman–Crippen MR) is 96.1 cm³/mol. The molecule has 5 nitrogen and oxygen atoms in total. The van der Waals surface area contributed by atoms with Crippen molar-refractivity contribution in [2.45, 2.75) is 45.7 Å². The number of hydrogen-bond donors (Lipinski definition) is 2. The minimum Gasteiger partial charge on any atom is -0.383 e. The van der Waals surface area contributed by atoms with E-state index >= 15 is 0 Å². The Hall–Kier alpha value is -0.0800. The molecule has 1 heterocycles. The topological polar surface area (TPSA) is 48.9 Å². The maximum absolute atomic E-state index is 5.14. The van der Waals surface area contributed by atoms with Crippen molar-refractivity contribution in [2.24, 2.45) is 4.99 Å². The molecule has 0 aromatic rings. The van der Waals surface area contributed by atoms with Gasteiger partial charge in [-0.1, -0.05) is 6.92 Å². The third-order valence-corrected chi connectivity index (χ3v) is 3.51. The minimum atomic E-state index is 0. The molecular formula is C14H31IN4O. The molecule has 1 aliphatic rings. The van der Waals surface area contributed by atoms with Crippen molar-refractivity contribution in [1.82, 2.24) is 15.5 Å². The van der Waals surface area contributed by atoms with Crippen LogP contribution in [0.3, 0.4) is 0 Å². The van der Waals surface area contributed by atoms with E-state index in [1.165, 1.54) is 19.4 Å². The second-order valence-corrected chi connectivity index (χ2v) is 5.14. The van der Waals surface area contributed by atoms with Gasteiger partial charge in [-0.15, -0.1) is 24.0 Å². The summed E-state index contributed by atoms with van der Waals surface area (Å²) in [6.07, 6.45) is 2.57. The summed E-state index contributed by atoms with van der Waals surface area (Å²) in [6.45, 7) is 11.2. The lowest BCUT2D eigenvalue weighted by Crippen LogP contribution is -2.44. The molecule has 1 aliphatic heterocycles. The number of nitrogens with one attached hydrogen (secondary N) is 2. The van der Waals surface area contributed by atoms with E-state index in [1.807, 2.05) is 0 Å². The maximum Gasteiger partial charge on any atom is 0.191 e. The molecule has 1 fully saturated rings. The van der Waals surface area contributed by atoms with Crippen LogP contribution in [0, 0.1) is 0 Å². The Bertz CT molecular complexity index is 276. The fourth-order valence-electron chi connectivity index (χ4n) is 2.56. The van der Waals surface area contributed by atoms with Crippen LogP contribution >= 0.6 is 24.0 Å². The van der Waals surface area contributed by atoms with Crippen LogP contribution < -0.4 is 10.6 Å². The molecule has 2 unspecified atom stereocenters. The number of rotatable bonds is 7. The molecule has 20 heavy (non-hydrogen) atoms. The average molecular weight is 398 g/mol. The smallest absolute Gasteiger partial charge is 0.191 e. The SMILES string of the molecule is CCNC(=NCC1CCCN1CC)NC(C)COC.I. The molecule has 0 amide bonds. The highest BCUT2D eigenvalue weighted by Crippen LogP contribution is 2.16. The molecule has 2 atom stereocenters.